The zero-order valence-electron chi connectivity index (χ0n) is 20.1. The third-order valence-corrected chi connectivity index (χ3v) is 7.48. The van der Waals surface area contributed by atoms with E-state index in [9.17, 15) is 27.5 Å². The molecule has 9 nitrogen and oxygen atoms in total. The van der Waals surface area contributed by atoms with Crippen molar-refractivity contribution in [1.29, 1.82) is 0 Å². The maximum absolute atomic E-state index is 13.7. The number of carbonyl (C=O) groups is 2. The summed E-state index contributed by atoms with van der Waals surface area (Å²) < 4.78 is 43.4. The molecule has 0 aromatic heterocycles. The molecule has 0 saturated carbocycles. The van der Waals surface area contributed by atoms with Gasteiger partial charge in [-0.3, -0.25) is 9.59 Å². The number of carbonyl (C=O) groups excluding carboxylic acids is 2. The van der Waals surface area contributed by atoms with Gasteiger partial charge in [0.15, 0.2) is 0 Å². The molecule has 11 heteroatoms. The minimum Gasteiger partial charge on any atom is -0.509 e. The highest BCUT2D eigenvalue weighted by atomic mass is 32.2. The normalized spacial score (nSPS) is 19.0. The summed E-state index contributed by atoms with van der Waals surface area (Å²) in [6, 6.07) is 9.63. The molecule has 190 valence electrons. The van der Waals surface area contributed by atoms with Gasteiger partial charge in [0.1, 0.15) is 27.8 Å². The number of sulfonamides is 1. The van der Waals surface area contributed by atoms with Crippen LogP contribution in [0.3, 0.4) is 0 Å². The fourth-order valence-electron chi connectivity index (χ4n) is 4.64. The zero-order chi connectivity index (χ0) is 26.4. The molecule has 2 heterocycles. The highest BCUT2D eigenvalue weighted by Gasteiger charge is 2.49. The maximum atomic E-state index is 13.7. The molecule has 2 aromatic rings. The second-order valence-electron chi connectivity index (χ2n) is 9.87. The van der Waals surface area contributed by atoms with Crippen LogP contribution >= 0.6 is 0 Å². The Morgan fingerprint density at radius 3 is 2.47 bits per heavy atom. The van der Waals surface area contributed by atoms with Crippen molar-refractivity contribution in [2.24, 2.45) is 15.5 Å². The van der Waals surface area contributed by atoms with Crippen LogP contribution in [0.5, 0.6) is 0 Å². The number of hydrogen-bond donors (Lipinski definition) is 3. The van der Waals surface area contributed by atoms with Crippen LogP contribution in [0.4, 0.5) is 4.39 Å². The molecule has 0 spiro atoms. The molecular weight excluding hydrogens is 487 g/mol. The van der Waals surface area contributed by atoms with Crippen LogP contribution in [0.15, 0.2) is 63.1 Å². The summed E-state index contributed by atoms with van der Waals surface area (Å²) >= 11 is 0. The summed E-state index contributed by atoms with van der Waals surface area (Å²) in [5.41, 5.74) is 5.43. The van der Waals surface area contributed by atoms with Crippen molar-refractivity contribution >= 4 is 27.5 Å². The molecule has 4 rings (SSSR count). The number of primary amides is 1. The lowest BCUT2D eigenvalue weighted by Crippen LogP contribution is -2.43. The summed E-state index contributed by atoms with van der Waals surface area (Å²) in [6.45, 7) is 5.53. The van der Waals surface area contributed by atoms with Gasteiger partial charge in [0, 0.05) is 18.7 Å². The van der Waals surface area contributed by atoms with E-state index in [2.05, 4.69) is 9.71 Å². The summed E-state index contributed by atoms with van der Waals surface area (Å²) in [4.78, 5) is 26.1. The van der Waals surface area contributed by atoms with Crippen LogP contribution in [-0.4, -0.2) is 48.5 Å². The minimum absolute atomic E-state index is 0.0361. The van der Waals surface area contributed by atoms with E-state index in [0.29, 0.717) is 11.1 Å². The molecule has 1 unspecified atom stereocenters. The second-order valence-corrected chi connectivity index (χ2v) is 11.4. The third-order valence-electron chi connectivity index (χ3n) is 6.06. The van der Waals surface area contributed by atoms with Gasteiger partial charge in [-0.2, -0.15) is 12.8 Å². The largest absolute Gasteiger partial charge is 0.509 e. The van der Waals surface area contributed by atoms with Gasteiger partial charge in [0.25, 0.3) is 15.9 Å². The van der Waals surface area contributed by atoms with Gasteiger partial charge in [-0.1, -0.05) is 51.1 Å². The molecule has 4 N–H and O–H groups in total. The number of nitrogens with two attached hydrogens (primary N) is 1. The van der Waals surface area contributed by atoms with Crippen LogP contribution in [-0.2, 0) is 32.7 Å². The SMILES string of the molecule is CC(C)(C)C1C(O)=C(C2=NS(=O)(=O)c3c(CNCC(N)=O)cccc32)C(=O)N1Cc1ccc(F)cc1. The number of rotatable bonds is 7. The van der Waals surface area contributed by atoms with Gasteiger partial charge >= 0.3 is 0 Å². The first-order valence-corrected chi connectivity index (χ1v) is 12.7. The number of aliphatic hydroxyl groups excluding tert-OH is 1. The van der Waals surface area contributed by atoms with E-state index in [-0.39, 0.29) is 47.1 Å². The van der Waals surface area contributed by atoms with Crippen LogP contribution in [0.25, 0.3) is 0 Å². The van der Waals surface area contributed by atoms with Crippen molar-refractivity contribution in [1.82, 2.24) is 10.2 Å². The summed E-state index contributed by atoms with van der Waals surface area (Å²) in [5.74, 6) is -1.85. The van der Waals surface area contributed by atoms with Crippen molar-refractivity contribution < 1.29 is 27.5 Å². The Kier molecular flexibility index (Phi) is 6.48. The molecular formula is C25H27FN4O5S. The number of nitrogens with zero attached hydrogens (tertiary/aromatic N) is 2. The Bertz CT molecular complexity index is 1410. The van der Waals surface area contributed by atoms with E-state index in [4.69, 9.17) is 5.73 Å². The molecule has 0 radical (unpaired) electrons. The number of halogens is 1. The van der Waals surface area contributed by atoms with Gasteiger partial charge in [-0.25, -0.2) is 4.39 Å². The van der Waals surface area contributed by atoms with Crippen LogP contribution in [0.2, 0.25) is 0 Å². The molecule has 36 heavy (non-hydrogen) atoms. The summed E-state index contributed by atoms with van der Waals surface area (Å²) in [7, 11) is -4.18. The smallest absolute Gasteiger partial charge is 0.283 e. The first-order valence-electron chi connectivity index (χ1n) is 11.3. The van der Waals surface area contributed by atoms with Crippen molar-refractivity contribution in [2.75, 3.05) is 6.54 Å². The Labute approximate surface area is 208 Å². The molecule has 0 aliphatic carbocycles. The number of aliphatic hydroxyl groups is 1. The zero-order valence-corrected chi connectivity index (χ0v) is 20.9. The molecule has 0 fully saturated rings. The Hall–Kier alpha value is -3.57. The highest BCUT2D eigenvalue weighted by Crippen LogP contribution is 2.41. The maximum Gasteiger partial charge on any atom is 0.283 e. The molecule has 2 aliphatic heterocycles. The van der Waals surface area contributed by atoms with Gasteiger partial charge in [0.2, 0.25) is 5.91 Å². The first kappa shape index (κ1) is 25.5. The minimum atomic E-state index is -4.18. The van der Waals surface area contributed by atoms with Gasteiger partial charge in [0.05, 0.1) is 12.6 Å². The number of fused-ring (bicyclic) bond motifs is 1. The van der Waals surface area contributed by atoms with Crippen LogP contribution in [0, 0.1) is 11.2 Å². The van der Waals surface area contributed by atoms with Crippen molar-refractivity contribution in [2.45, 2.75) is 44.8 Å². The van der Waals surface area contributed by atoms with Gasteiger partial charge in [-0.05, 0) is 28.7 Å². The van der Waals surface area contributed by atoms with E-state index in [1.54, 1.807) is 24.3 Å². The van der Waals surface area contributed by atoms with Crippen LogP contribution in [0.1, 0.15) is 37.5 Å². The topological polar surface area (TPSA) is 142 Å². The first-order chi connectivity index (χ1) is 16.8. The Morgan fingerprint density at radius 2 is 1.86 bits per heavy atom. The number of hydrogen-bond acceptors (Lipinski definition) is 6. The number of nitrogens with one attached hydrogen (secondary N) is 1. The molecule has 0 bridgehead atoms. The molecule has 1 atom stereocenters. The third kappa shape index (κ3) is 4.63. The lowest BCUT2D eigenvalue weighted by Gasteiger charge is -2.35. The fraction of sp³-hybridized carbons (Fsp3) is 0.320. The average Bonchev–Trinajstić information content (AvgIpc) is 3.18. The molecule has 2 aliphatic rings. The van der Waals surface area contributed by atoms with Gasteiger partial charge in [-0.15, -0.1) is 0 Å². The van der Waals surface area contributed by atoms with E-state index in [0.717, 1.165) is 0 Å². The summed E-state index contributed by atoms with van der Waals surface area (Å²) in [5, 5.41) is 14.1. The van der Waals surface area contributed by atoms with E-state index < -0.39 is 39.1 Å². The molecule has 2 aromatic carbocycles. The van der Waals surface area contributed by atoms with Crippen LogP contribution < -0.4 is 11.1 Å². The number of amides is 2. The lowest BCUT2D eigenvalue weighted by molar-refractivity contribution is -0.129. The second kappa shape index (κ2) is 9.14. The van der Waals surface area contributed by atoms with Gasteiger partial charge < -0.3 is 21.1 Å². The van der Waals surface area contributed by atoms with E-state index in [1.807, 2.05) is 20.8 Å². The Balaban J connectivity index is 1.77. The highest BCUT2D eigenvalue weighted by molar-refractivity contribution is 7.90. The lowest BCUT2D eigenvalue weighted by atomic mass is 9.84. The monoisotopic (exact) mass is 514 g/mol. The van der Waals surface area contributed by atoms with E-state index >= 15 is 0 Å². The number of benzene rings is 2. The standard InChI is InChI=1S/C25H27FN4O5S/c1-25(2,3)23-21(32)19(24(33)30(23)13-14-7-9-16(26)10-8-14)20-17-6-4-5-15(11-28-12-18(27)31)22(17)36(34,35)29-20/h4-10,23,28,32H,11-13H2,1-3H3,(H2,27,31). The predicted octanol–water partition coefficient (Wildman–Crippen LogP) is 2.16. The summed E-state index contributed by atoms with van der Waals surface area (Å²) in [6.07, 6.45) is 0. The van der Waals surface area contributed by atoms with E-state index in [1.165, 1.54) is 23.1 Å². The van der Waals surface area contributed by atoms with Crippen molar-refractivity contribution in [3.63, 3.8) is 0 Å². The van der Waals surface area contributed by atoms with Crippen molar-refractivity contribution in [3.8, 4) is 0 Å². The predicted molar refractivity (Wildman–Crippen MR) is 131 cm³/mol. The average molecular weight is 515 g/mol. The molecule has 2 amide bonds. The van der Waals surface area contributed by atoms with Crippen molar-refractivity contribution in [3.05, 3.63) is 76.3 Å². The Morgan fingerprint density at radius 1 is 1.19 bits per heavy atom. The quantitative estimate of drug-likeness (QED) is 0.517. The molecule has 0 saturated heterocycles. The fourth-order valence-corrected chi connectivity index (χ4v) is 6.07.